The van der Waals surface area contributed by atoms with Crippen LogP contribution in [0, 0.1) is 5.92 Å². The minimum Gasteiger partial charge on any atom is -0.265 e. The number of amides is 1. The monoisotopic (exact) mass is 288 g/mol. The van der Waals surface area contributed by atoms with E-state index in [4.69, 9.17) is 0 Å². The summed E-state index contributed by atoms with van der Waals surface area (Å²) in [6.07, 6.45) is 3.60. The molecule has 0 saturated carbocycles. The van der Waals surface area contributed by atoms with Crippen LogP contribution in [-0.4, -0.2) is 18.3 Å². The Labute approximate surface area is 112 Å². The van der Waals surface area contributed by atoms with E-state index in [0.717, 1.165) is 4.91 Å². The van der Waals surface area contributed by atoms with Crippen molar-refractivity contribution in [1.29, 1.82) is 0 Å². The molecular weight excluding hydrogens is 277 g/mol. The molecule has 1 atom stereocenters. The van der Waals surface area contributed by atoms with Crippen molar-refractivity contribution in [3.05, 3.63) is 34.4 Å². The minimum absolute atomic E-state index is 0.0232. The predicted molar refractivity (Wildman–Crippen MR) is 66.4 cm³/mol. The lowest BCUT2D eigenvalue weighted by Crippen LogP contribution is -2.14. The number of carbonyl (C=O) groups is 1. The third-order valence-corrected chi connectivity index (χ3v) is 3.68. The summed E-state index contributed by atoms with van der Waals surface area (Å²) in [5.41, 5.74) is -1.48. The molecule has 2 rings (SSSR count). The minimum atomic E-state index is -4.62. The van der Waals surface area contributed by atoms with Gasteiger partial charge in [-0.1, -0.05) is 18.2 Å². The molecule has 0 aromatic carbocycles. The fraction of sp³-hybridized carbons (Fsp3) is 0.417. The van der Waals surface area contributed by atoms with E-state index >= 15 is 0 Å². The van der Waals surface area contributed by atoms with Gasteiger partial charge >= 0.3 is 6.18 Å². The van der Waals surface area contributed by atoms with Gasteiger partial charge in [0.15, 0.2) is 5.70 Å². The summed E-state index contributed by atoms with van der Waals surface area (Å²) in [6.45, 7) is 0. The van der Waals surface area contributed by atoms with Crippen molar-refractivity contribution in [2.45, 2.75) is 19.0 Å². The Balaban J connectivity index is 2.13. The third-order valence-electron chi connectivity index (χ3n) is 2.91. The molecule has 0 unspecified atom stereocenters. The number of rotatable bonds is 3. The Kier molecular flexibility index (Phi) is 3.93. The molecule has 0 aromatic rings. The van der Waals surface area contributed by atoms with Crippen molar-refractivity contribution in [2.24, 2.45) is 16.1 Å². The molecule has 7 heteroatoms. The molecule has 2 aliphatic rings. The van der Waals surface area contributed by atoms with E-state index < -0.39 is 17.8 Å². The van der Waals surface area contributed by atoms with E-state index in [0.29, 0.717) is 6.42 Å². The van der Waals surface area contributed by atoms with Gasteiger partial charge in [0.25, 0.3) is 5.91 Å². The van der Waals surface area contributed by atoms with Crippen LogP contribution >= 0.6 is 11.8 Å². The van der Waals surface area contributed by atoms with Crippen LogP contribution in [0.4, 0.5) is 13.2 Å². The number of carbonyl (C=O) groups excluding carboxylic acids is 1. The summed E-state index contributed by atoms with van der Waals surface area (Å²) < 4.78 is 38.0. The van der Waals surface area contributed by atoms with Gasteiger partial charge in [-0.15, -0.1) is 22.0 Å². The Morgan fingerprint density at radius 1 is 1.42 bits per heavy atom. The molecular formula is C12H11F3N2OS. The Hall–Kier alpha value is -1.37. The highest BCUT2D eigenvalue weighted by Gasteiger charge is 2.42. The molecule has 0 bridgehead atoms. The first kappa shape index (κ1) is 14.0. The molecule has 1 aliphatic carbocycles. The van der Waals surface area contributed by atoms with E-state index in [1.54, 1.807) is 11.8 Å². The molecule has 0 N–H and O–H groups in total. The highest BCUT2D eigenvalue weighted by atomic mass is 32.2. The number of nitrogens with zero attached hydrogens (tertiary/aromatic N) is 2. The van der Waals surface area contributed by atoms with E-state index in [-0.39, 0.29) is 17.9 Å². The number of allylic oxidation sites excluding steroid dienone is 4. The second-order valence-corrected chi connectivity index (χ2v) is 5.08. The van der Waals surface area contributed by atoms with Gasteiger partial charge < -0.3 is 0 Å². The maximum atomic E-state index is 12.7. The van der Waals surface area contributed by atoms with Gasteiger partial charge in [0.1, 0.15) is 0 Å². The van der Waals surface area contributed by atoms with Crippen LogP contribution in [0.5, 0.6) is 0 Å². The van der Waals surface area contributed by atoms with Gasteiger partial charge in [-0.05, 0) is 25.0 Å². The number of thioether (sulfide) groups is 1. The predicted octanol–water partition coefficient (Wildman–Crippen LogP) is 4.01. The highest BCUT2D eigenvalue weighted by molar-refractivity contribution is 8.02. The fourth-order valence-corrected chi connectivity index (χ4v) is 2.42. The Bertz CT molecular complexity index is 518. The van der Waals surface area contributed by atoms with Crippen molar-refractivity contribution >= 4 is 17.7 Å². The number of hydrogen-bond donors (Lipinski definition) is 0. The van der Waals surface area contributed by atoms with Crippen LogP contribution in [0.15, 0.2) is 44.6 Å². The summed E-state index contributed by atoms with van der Waals surface area (Å²) in [4.78, 5) is 12.4. The topological polar surface area (TPSA) is 41.8 Å². The van der Waals surface area contributed by atoms with Crippen molar-refractivity contribution in [1.82, 2.24) is 0 Å². The Morgan fingerprint density at radius 3 is 2.68 bits per heavy atom. The molecule has 1 amide bonds. The van der Waals surface area contributed by atoms with Gasteiger partial charge in [0, 0.05) is 4.91 Å². The zero-order valence-corrected chi connectivity index (χ0v) is 10.9. The fourth-order valence-electron chi connectivity index (χ4n) is 1.94. The number of hydrogen-bond acceptors (Lipinski definition) is 3. The molecule has 3 nitrogen and oxygen atoms in total. The maximum absolute atomic E-state index is 12.7. The van der Waals surface area contributed by atoms with Crippen LogP contribution in [0.25, 0.3) is 0 Å². The SMILES string of the molecule is CSC1=CC[C@@H](CC2=C(C(F)(F)F)N=NC2=O)C=C1. The van der Waals surface area contributed by atoms with Crippen LogP contribution < -0.4 is 0 Å². The summed E-state index contributed by atoms with van der Waals surface area (Å²) in [6, 6.07) is 0. The average Bonchev–Trinajstić information content (AvgIpc) is 2.72. The quantitative estimate of drug-likeness (QED) is 0.787. The normalized spacial score (nSPS) is 23.3. The summed E-state index contributed by atoms with van der Waals surface area (Å²) >= 11 is 1.57. The van der Waals surface area contributed by atoms with Gasteiger partial charge in [-0.3, -0.25) is 4.79 Å². The lowest BCUT2D eigenvalue weighted by molar-refractivity contribution is -0.115. The third kappa shape index (κ3) is 3.15. The molecule has 19 heavy (non-hydrogen) atoms. The summed E-state index contributed by atoms with van der Waals surface area (Å²) in [5, 5.41) is 5.96. The van der Waals surface area contributed by atoms with Crippen LogP contribution in [0.3, 0.4) is 0 Å². The lowest BCUT2D eigenvalue weighted by atomic mass is 9.92. The first-order valence-electron chi connectivity index (χ1n) is 5.60. The largest absolute Gasteiger partial charge is 0.435 e. The summed E-state index contributed by atoms with van der Waals surface area (Å²) in [5.74, 6) is -0.990. The van der Waals surface area contributed by atoms with E-state index in [1.165, 1.54) is 0 Å². The molecule has 0 aromatic heterocycles. The molecule has 1 heterocycles. The maximum Gasteiger partial charge on any atom is 0.435 e. The number of alkyl halides is 3. The molecule has 0 saturated heterocycles. The first-order valence-corrected chi connectivity index (χ1v) is 6.83. The molecule has 102 valence electrons. The van der Waals surface area contributed by atoms with E-state index in [2.05, 4.69) is 10.2 Å². The molecule has 0 spiro atoms. The van der Waals surface area contributed by atoms with Crippen LogP contribution in [0.1, 0.15) is 12.8 Å². The molecule has 1 aliphatic heterocycles. The first-order chi connectivity index (χ1) is 8.91. The summed E-state index contributed by atoms with van der Waals surface area (Å²) in [7, 11) is 0. The van der Waals surface area contributed by atoms with E-state index in [9.17, 15) is 18.0 Å². The second-order valence-electron chi connectivity index (χ2n) is 4.20. The smallest absolute Gasteiger partial charge is 0.265 e. The highest BCUT2D eigenvalue weighted by Crippen LogP contribution is 2.37. The second kappa shape index (κ2) is 5.32. The number of azo groups is 1. The van der Waals surface area contributed by atoms with Gasteiger partial charge in [-0.2, -0.15) is 13.2 Å². The molecule has 0 radical (unpaired) electrons. The van der Waals surface area contributed by atoms with E-state index in [1.807, 2.05) is 24.5 Å². The van der Waals surface area contributed by atoms with Crippen LogP contribution in [0.2, 0.25) is 0 Å². The van der Waals surface area contributed by atoms with Crippen molar-refractivity contribution in [2.75, 3.05) is 6.26 Å². The van der Waals surface area contributed by atoms with Gasteiger partial charge in [0.05, 0.1) is 5.57 Å². The van der Waals surface area contributed by atoms with Crippen molar-refractivity contribution < 1.29 is 18.0 Å². The zero-order valence-electron chi connectivity index (χ0n) is 10.1. The van der Waals surface area contributed by atoms with Crippen molar-refractivity contribution in [3.8, 4) is 0 Å². The van der Waals surface area contributed by atoms with Gasteiger partial charge in [-0.25, -0.2) is 0 Å². The standard InChI is InChI=1S/C12H11F3N2OS/c1-19-8-4-2-7(3-5-8)6-9-10(12(13,14)15)16-17-11(9)18/h2,4-5,7H,3,6H2,1H3/t7-/m0/s1. The molecule has 0 fully saturated rings. The van der Waals surface area contributed by atoms with Gasteiger partial charge in [0.2, 0.25) is 0 Å². The zero-order chi connectivity index (χ0) is 14.0. The average molecular weight is 288 g/mol. The van der Waals surface area contributed by atoms with Crippen LogP contribution in [-0.2, 0) is 4.79 Å². The Morgan fingerprint density at radius 2 is 2.16 bits per heavy atom. The number of halogens is 3. The lowest BCUT2D eigenvalue weighted by Gasteiger charge is -2.16. The van der Waals surface area contributed by atoms with Crippen molar-refractivity contribution in [3.63, 3.8) is 0 Å².